The number of hydrogen-bond acceptors (Lipinski definition) is 5. The van der Waals surface area contributed by atoms with Gasteiger partial charge in [-0.25, -0.2) is 0 Å². The Morgan fingerprint density at radius 1 is 0.778 bits per heavy atom. The zero-order chi connectivity index (χ0) is 18.7. The molecule has 0 aliphatic carbocycles. The maximum Gasteiger partial charge on any atom is 1.00 e. The van der Waals surface area contributed by atoms with Crippen LogP contribution in [0.2, 0.25) is 0 Å². The molecule has 0 aliphatic heterocycles. The van der Waals surface area contributed by atoms with E-state index in [4.69, 9.17) is 18.9 Å². The third-order valence-electron chi connectivity index (χ3n) is 4.27. The number of benzene rings is 2. The van der Waals surface area contributed by atoms with Gasteiger partial charge in [-0.1, -0.05) is 6.07 Å². The van der Waals surface area contributed by atoms with Gasteiger partial charge < -0.3 is 23.9 Å². The zero-order valence-corrected chi connectivity index (χ0v) is 18.2. The van der Waals surface area contributed by atoms with Gasteiger partial charge in [-0.3, -0.25) is 4.79 Å². The molecule has 0 radical (unpaired) electrons. The predicted molar refractivity (Wildman–Crippen MR) is 100 cm³/mol. The van der Waals surface area contributed by atoms with Gasteiger partial charge in [0.25, 0.3) is 0 Å². The summed E-state index contributed by atoms with van der Waals surface area (Å²) < 4.78 is 21.4. The largest absolute Gasteiger partial charge is 1.00 e. The van der Waals surface area contributed by atoms with E-state index in [1.54, 1.807) is 34.5 Å². The molecule has 0 atom stereocenters. The van der Waals surface area contributed by atoms with E-state index >= 15 is 0 Å². The minimum Gasteiger partial charge on any atom is -0.493 e. The number of aromatic nitrogens is 1. The van der Waals surface area contributed by atoms with Crippen LogP contribution in [0.1, 0.15) is 11.3 Å². The fourth-order valence-corrected chi connectivity index (χ4v) is 3.00. The number of aromatic amines is 1. The molecule has 6 nitrogen and oxygen atoms in total. The van der Waals surface area contributed by atoms with E-state index in [-0.39, 0.29) is 35.1 Å². The van der Waals surface area contributed by atoms with Crippen molar-refractivity contribution in [2.24, 2.45) is 0 Å². The standard InChI is InChI=1S/C20H21NO5.Na/c1-23-16-6-5-12(8-17(16)24-2)7-15-14-11-19(26-4)18(25-3)9-13(14)10-20(22)21-15;/h5-6,8-11H,7H2,1-4H3,(H,21,22);/q;+1. The Bertz CT molecular complexity index is 1000. The van der Waals surface area contributed by atoms with Crippen molar-refractivity contribution in [2.75, 3.05) is 28.4 Å². The molecule has 0 amide bonds. The average Bonchev–Trinajstić information content (AvgIpc) is 2.66. The molecular formula is C20H21NNaO5+. The molecule has 1 heterocycles. The molecule has 0 spiro atoms. The van der Waals surface area contributed by atoms with Crippen molar-refractivity contribution >= 4 is 10.8 Å². The monoisotopic (exact) mass is 378 g/mol. The van der Waals surface area contributed by atoms with Gasteiger partial charge in [-0.15, -0.1) is 0 Å². The van der Waals surface area contributed by atoms with Crippen molar-refractivity contribution in [1.29, 1.82) is 0 Å². The first-order valence-corrected chi connectivity index (χ1v) is 8.08. The fraction of sp³-hybridized carbons (Fsp3) is 0.250. The van der Waals surface area contributed by atoms with Crippen LogP contribution in [0.5, 0.6) is 23.0 Å². The molecule has 0 saturated carbocycles. The van der Waals surface area contributed by atoms with Crippen LogP contribution in [0.15, 0.2) is 41.2 Å². The molecule has 0 bridgehead atoms. The van der Waals surface area contributed by atoms with Crippen molar-refractivity contribution in [2.45, 2.75) is 6.42 Å². The van der Waals surface area contributed by atoms with Crippen LogP contribution in [-0.4, -0.2) is 33.4 Å². The number of nitrogens with one attached hydrogen (secondary N) is 1. The number of fused-ring (bicyclic) bond motifs is 1. The summed E-state index contributed by atoms with van der Waals surface area (Å²) in [6.45, 7) is 0. The Hall–Kier alpha value is -2.15. The van der Waals surface area contributed by atoms with Gasteiger partial charge >= 0.3 is 29.6 Å². The number of pyridine rings is 1. The van der Waals surface area contributed by atoms with Crippen LogP contribution in [0.3, 0.4) is 0 Å². The van der Waals surface area contributed by atoms with Gasteiger partial charge in [-0.05, 0) is 35.2 Å². The average molecular weight is 378 g/mol. The van der Waals surface area contributed by atoms with E-state index in [9.17, 15) is 4.79 Å². The molecule has 0 aliphatic rings. The molecule has 1 aromatic heterocycles. The minimum atomic E-state index is -0.166. The summed E-state index contributed by atoms with van der Waals surface area (Å²) in [5.74, 6) is 2.50. The van der Waals surface area contributed by atoms with E-state index in [1.807, 2.05) is 30.3 Å². The number of hydrogen-bond donors (Lipinski definition) is 1. The Morgan fingerprint density at radius 3 is 2.00 bits per heavy atom. The summed E-state index contributed by atoms with van der Waals surface area (Å²) in [6.07, 6.45) is 0.530. The maximum atomic E-state index is 12.1. The molecule has 7 heteroatoms. The second-order valence-corrected chi connectivity index (χ2v) is 5.77. The summed E-state index contributed by atoms with van der Waals surface area (Å²) in [7, 11) is 6.35. The third-order valence-corrected chi connectivity index (χ3v) is 4.27. The summed E-state index contributed by atoms with van der Waals surface area (Å²) in [4.78, 5) is 15.0. The molecule has 136 valence electrons. The molecule has 3 aromatic rings. The van der Waals surface area contributed by atoms with Crippen molar-refractivity contribution < 1.29 is 48.5 Å². The number of H-pyrrole nitrogens is 1. The Kier molecular flexibility index (Phi) is 7.18. The van der Waals surface area contributed by atoms with Crippen molar-refractivity contribution in [1.82, 2.24) is 4.98 Å². The molecule has 1 N–H and O–H groups in total. The van der Waals surface area contributed by atoms with Crippen LogP contribution in [0.25, 0.3) is 10.8 Å². The summed E-state index contributed by atoms with van der Waals surface area (Å²) in [6, 6.07) is 10.9. The Morgan fingerprint density at radius 2 is 1.37 bits per heavy atom. The number of ether oxygens (including phenoxy) is 4. The van der Waals surface area contributed by atoms with E-state index < -0.39 is 0 Å². The van der Waals surface area contributed by atoms with Crippen LogP contribution < -0.4 is 54.1 Å². The quantitative estimate of drug-likeness (QED) is 0.619. The van der Waals surface area contributed by atoms with E-state index in [1.165, 1.54) is 0 Å². The second kappa shape index (κ2) is 9.17. The van der Waals surface area contributed by atoms with Crippen LogP contribution >= 0.6 is 0 Å². The summed E-state index contributed by atoms with van der Waals surface area (Å²) in [5, 5.41) is 1.69. The molecule has 3 rings (SSSR count). The first kappa shape index (κ1) is 21.2. The van der Waals surface area contributed by atoms with E-state index in [0.717, 1.165) is 22.0 Å². The molecule has 0 fully saturated rings. The molecule has 0 saturated heterocycles. The maximum absolute atomic E-state index is 12.1. The Balaban J connectivity index is 0.00000261. The molecule has 0 unspecified atom stereocenters. The third kappa shape index (κ3) is 4.40. The first-order valence-electron chi connectivity index (χ1n) is 8.08. The van der Waals surface area contributed by atoms with Gasteiger partial charge in [-0.2, -0.15) is 0 Å². The van der Waals surface area contributed by atoms with Crippen molar-refractivity contribution in [3.8, 4) is 23.0 Å². The van der Waals surface area contributed by atoms with Crippen LogP contribution in [0, 0.1) is 0 Å². The predicted octanol–water partition coefficient (Wildman–Crippen LogP) is 0.157. The SMILES string of the molecule is COc1ccc(Cc2[nH]c(=O)cc3cc(OC)c(OC)cc23)cc1OC.[Na+]. The zero-order valence-electron chi connectivity index (χ0n) is 16.2. The van der Waals surface area contributed by atoms with Crippen molar-refractivity contribution in [3.05, 3.63) is 58.0 Å². The second-order valence-electron chi connectivity index (χ2n) is 5.77. The van der Waals surface area contributed by atoms with Gasteiger partial charge in [0.15, 0.2) is 23.0 Å². The topological polar surface area (TPSA) is 69.8 Å². The van der Waals surface area contributed by atoms with E-state index in [0.29, 0.717) is 29.4 Å². The van der Waals surface area contributed by atoms with Crippen LogP contribution in [-0.2, 0) is 6.42 Å². The smallest absolute Gasteiger partial charge is 0.493 e. The van der Waals surface area contributed by atoms with E-state index in [2.05, 4.69) is 4.98 Å². The number of rotatable bonds is 6. The van der Waals surface area contributed by atoms with Crippen molar-refractivity contribution in [3.63, 3.8) is 0 Å². The van der Waals surface area contributed by atoms with Crippen LogP contribution in [0.4, 0.5) is 0 Å². The first-order chi connectivity index (χ1) is 12.6. The minimum absolute atomic E-state index is 0. The molecular weight excluding hydrogens is 357 g/mol. The summed E-state index contributed by atoms with van der Waals surface area (Å²) >= 11 is 0. The van der Waals surface area contributed by atoms with Gasteiger partial charge in [0.2, 0.25) is 5.56 Å². The molecule has 2 aromatic carbocycles. The fourth-order valence-electron chi connectivity index (χ4n) is 3.00. The van der Waals surface area contributed by atoms with Gasteiger partial charge in [0, 0.05) is 23.6 Å². The van der Waals surface area contributed by atoms with Gasteiger partial charge in [0.1, 0.15) is 0 Å². The Labute approximate surface area is 179 Å². The number of methoxy groups -OCH3 is 4. The normalized spacial score (nSPS) is 10.2. The van der Waals surface area contributed by atoms with Gasteiger partial charge in [0.05, 0.1) is 28.4 Å². The summed E-state index contributed by atoms with van der Waals surface area (Å²) in [5.41, 5.74) is 1.61. The molecule has 27 heavy (non-hydrogen) atoms.